The number of hydrogen-bond acceptors (Lipinski definition) is 5. The summed E-state index contributed by atoms with van der Waals surface area (Å²) in [5, 5.41) is 0. The van der Waals surface area contributed by atoms with Crippen LogP contribution in [0.1, 0.15) is 5.56 Å². The van der Waals surface area contributed by atoms with E-state index in [2.05, 4.69) is 4.74 Å². The molecular weight excluding hydrogens is 262 g/mol. The van der Waals surface area contributed by atoms with Crippen LogP contribution in [0.25, 0.3) is 0 Å². The first-order valence-corrected chi connectivity index (χ1v) is 6.35. The molecule has 0 aromatic heterocycles. The van der Waals surface area contributed by atoms with Crippen molar-refractivity contribution < 1.29 is 23.8 Å². The van der Waals surface area contributed by atoms with Gasteiger partial charge in [0.05, 0.1) is 20.3 Å². The molecule has 6 heteroatoms. The Bertz CT molecular complexity index is 462. The van der Waals surface area contributed by atoms with Gasteiger partial charge in [0.1, 0.15) is 6.61 Å². The molecule has 1 aromatic carbocycles. The Kier molecular flexibility index (Phi) is 4.95. The fourth-order valence-electron chi connectivity index (χ4n) is 1.96. The number of benzene rings is 1. The van der Waals surface area contributed by atoms with Gasteiger partial charge in [-0.3, -0.25) is 4.90 Å². The number of carbonyl (C=O) groups excluding carboxylic acids is 2. The maximum absolute atomic E-state index is 12.0. The Hall–Kier alpha value is -2.08. The smallest absolute Gasteiger partial charge is 0.411 e. The number of rotatable bonds is 3. The molecule has 1 fully saturated rings. The van der Waals surface area contributed by atoms with E-state index in [1.165, 1.54) is 12.0 Å². The van der Waals surface area contributed by atoms with E-state index in [1.807, 2.05) is 30.3 Å². The average molecular weight is 279 g/mol. The molecule has 1 aliphatic heterocycles. The first-order chi connectivity index (χ1) is 9.72. The Morgan fingerprint density at radius 3 is 2.80 bits per heavy atom. The fraction of sp³-hybridized carbons (Fsp3) is 0.429. The predicted octanol–water partition coefficient (Wildman–Crippen LogP) is 1.20. The van der Waals surface area contributed by atoms with E-state index < -0.39 is 18.1 Å². The third-order valence-corrected chi connectivity index (χ3v) is 3.04. The topological polar surface area (TPSA) is 65.1 Å². The van der Waals surface area contributed by atoms with Crippen molar-refractivity contribution in [2.24, 2.45) is 0 Å². The van der Waals surface area contributed by atoms with E-state index >= 15 is 0 Å². The van der Waals surface area contributed by atoms with Gasteiger partial charge in [-0.15, -0.1) is 0 Å². The SMILES string of the molecule is COC(=O)[C@@H]1COCCN1C(=O)OCc1ccccc1. The van der Waals surface area contributed by atoms with Crippen molar-refractivity contribution in [3.05, 3.63) is 35.9 Å². The molecule has 2 rings (SSSR count). The lowest BCUT2D eigenvalue weighted by atomic mass is 10.2. The molecular formula is C14H17NO5. The van der Waals surface area contributed by atoms with Gasteiger partial charge < -0.3 is 14.2 Å². The van der Waals surface area contributed by atoms with Gasteiger partial charge in [0, 0.05) is 6.54 Å². The van der Waals surface area contributed by atoms with Crippen LogP contribution in [0.4, 0.5) is 4.79 Å². The van der Waals surface area contributed by atoms with E-state index in [-0.39, 0.29) is 13.2 Å². The van der Waals surface area contributed by atoms with Gasteiger partial charge in [0.15, 0.2) is 6.04 Å². The molecule has 0 unspecified atom stereocenters. The minimum atomic E-state index is -0.739. The quantitative estimate of drug-likeness (QED) is 0.778. The monoisotopic (exact) mass is 279 g/mol. The van der Waals surface area contributed by atoms with Crippen molar-refractivity contribution in [2.45, 2.75) is 12.6 Å². The van der Waals surface area contributed by atoms with E-state index in [4.69, 9.17) is 9.47 Å². The number of nitrogens with zero attached hydrogens (tertiary/aromatic N) is 1. The molecule has 0 aliphatic carbocycles. The highest BCUT2D eigenvalue weighted by atomic mass is 16.6. The van der Waals surface area contributed by atoms with Crippen LogP contribution in [0, 0.1) is 0 Å². The van der Waals surface area contributed by atoms with Crippen LogP contribution < -0.4 is 0 Å². The number of esters is 1. The Morgan fingerprint density at radius 2 is 2.10 bits per heavy atom. The van der Waals surface area contributed by atoms with Crippen LogP contribution in [0.5, 0.6) is 0 Å². The third kappa shape index (κ3) is 3.48. The van der Waals surface area contributed by atoms with Gasteiger partial charge in [0.2, 0.25) is 0 Å². The summed E-state index contributed by atoms with van der Waals surface area (Å²) in [4.78, 5) is 25.0. The summed E-state index contributed by atoms with van der Waals surface area (Å²) >= 11 is 0. The molecule has 0 saturated carbocycles. The lowest BCUT2D eigenvalue weighted by Gasteiger charge is -2.32. The van der Waals surface area contributed by atoms with Crippen LogP contribution >= 0.6 is 0 Å². The van der Waals surface area contributed by atoms with E-state index in [1.54, 1.807) is 0 Å². The second-order valence-electron chi connectivity index (χ2n) is 4.35. The molecule has 1 amide bonds. The Balaban J connectivity index is 1.94. The fourth-order valence-corrected chi connectivity index (χ4v) is 1.96. The van der Waals surface area contributed by atoms with Crippen LogP contribution in [0.3, 0.4) is 0 Å². The number of methoxy groups -OCH3 is 1. The second kappa shape index (κ2) is 6.91. The van der Waals surface area contributed by atoms with Crippen molar-refractivity contribution in [1.29, 1.82) is 0 Å². The van der Waals surface area contributed by atoms with Gasteiger partial charge >= 0.3 is 12.1 Å². The minimum absolute atomic E-state index is 0.132. The van der Waals surface area contributed by atoms with Crippen LogP contribution in [-0.2, 0) is 25.6 Å². The largest absolute Gasteiger partial charge is 0.467 e. The predicted molar refractivity (Wildman–Crippen MR) is 70.0 cm³/mol. The van der Waals surface area contributed by atoms with Crippen LogP contribution in [0.2, 0.25) is 0 Å². The first kappa shape index (κ1) is 14.3. The normalized spacial score (nSPS) is 18.4. The summed E-state index contributed by atoms with van der Waals surface area (Å²) in [6.07, 6.45) is -0.535. The summed E-state index contributed by atoms with van der Waals surface area (Å²) in [6, 6.07) is 8.62. The summed E-state index contributed by atoms with van der Waals surface area (Å²) in [5.41, 5.74) is 0.892. The molecule has 1 aliphatic rings. The lowest BCUT2D eigenvalue weighted by Crippen LogP contribution is -2.53. The van der Waals surface area contributed by atoms with Crippen molar-refractivity contribution in [3.8, 4) is 0 Å². The van der Waals surface area contributed by atoms with Gasteiger partial charge in [-0.05, 0) is 5.56 Å². The number of ether oxygens (including phenoxy) is 3. The molecule has 1 heterocycles. The van der Waals surface area contributed by atoms with E-state index in [0.717, 1.165) is 5.56 Å². The molecule has 20 heavy (non-hydrogen) atoms. The average Bonchev–Trinajstić information content (AvgIpc) is 2.52. The zero-order valence-corrected chi connectivity index (χ0v) is 11.3. The highest BCUT2D eigenvalue weighted by molar-refractivity contribution is 5.81. The number of morpholine rings is 1. The van der Waals surface area contributed by atoms with Crippen LogP contribution in [-0.4, -0.2) is 49.9 Å². The summed E-state index contributed by atoms with van der Waals surface area (Å²) in [7, 11) is 1.28. The zero-order valence-electron chi connectivity index (χ0n) is 11.3. The van der Waals surface area contributed by atoms with Gasteiger partial charge in [0.25, 0.3) is 0 Å². The van der Waals surface area contributed by atoms with Gasteiger partial charge in [-0.1, -0.05) is 30.3 Å². The van der Waals surface area contributed by atoms with Gasteiger partial charge in [-0.25, -0.2) is 9.59 Å². The van der Waals surface area contributed by atoms with Crippen molar-refractivity contribution >= 4 is 12.1 Å². The first-order valence-electron chi connectivity index (χ1n) is 6.35. The Labute approximate surface area is 117 Å². The molecule has 0 radical (unpaired) electrons. The highest BCUT2D eigenvalue weighted by Crippen LogP contribution is 2.11. The number of hydrogen-bond donors (Lipinski definition) is 0. The zero-order chi connectivity index (χ0) is 14.4. The van der Waals surface area contributed by atoms with Gasteiger partial charge in [-0.2, -0.15) is 0 Å². The lowest BCUT2D eigenvalue weighted by molar-refractivity contribution is -0.152. The van der Waals surface area contributed by atoms with E-state index in [0.29, 0.717) is 13.2 Å². The van der Waals surface area contributed by atoms with Crippen molar-refractivity contribution in [3.63, 3.8) is 0 Å². The maximum Gasteiger partial charge on any atom is 0.411 e. The Morgan fingerprint density at radius 1 is 1.35 bits per heavy atom. The minimum Gasteiger partial charge on any atom is -0.467 e. The highest BCUT2D eigenvalue weighted by Gasteiger charge is 2.34. The standard InChI is InChI=1S/C14H17NO5/c1-18-13(16)12-10-19-8-7-15(12)14(17)20-9-11-5-3-2-4-6-11/h2-6,12H,7-10H2,1H3/t12-/m0/s1. The molecule has 6 nitrogen and oxygen atoms in total. The maximum atomic E-state index is 12.0. The summed E-state index contributed by atoms with van der Waals surface area (Å²) in [5.74, 6) is -0.499. The second-order valence-corrected chi connectivity index (χ2v) is 4.35. The molecule has 1 saturated heterocycles. The third-order valence-electron chi connectivity index (χ3n) is 3.04. The summed E-state index contributed by atoms with van der Waals surface area (Å²) in [6.45, 7) is 0.999. The molecule has 1 atom stereocenters. The molecule has 0 bridgehead atoms. The van der Waals surface area contributed by atoms with Crippen molar-refractivity contribution in [2.75, 3.05) is 26.9 Å². The van der Waals surface area contributed by atoms with Crippen LogP contribution in [0.15, 0.2) is 30.3 Å². The molecule has 0 spiro atoms. The summed E-state index contributed by atoms with van der Waals surface area (Å²) < 4.78 is 15.1. The molecule has 0 N–H and O–H groups in total. The molecule has 108 valence electrons. The van der Waals surface area contributed by atoms with Crippen molar-refractivity contribution in [1.82, 2.24) is 4.90 Å². The van der Waals surface area contributed by atoms with E-state index in [9.17, 15) is 9.59 Å². The number of amides is 1. The number of carbonyl (C=O) groups is 2. The molecule has 1 aromatic rings.